The van der Waals surface area contributed by atoms with Crippen LogP contribution in [0.5, 0.6) is 0 Å². The maximum atomic E-state index is 11.8. The Labute approximate surface area is 115 Å². The number of hydrogen-bond acceptors (Lipinski definition) is 4. The first-order valence-corrected chi connectivity index (χ1v) is 3.97. The van der Waals surface area contributed by atoms with Crippen molar-refractivity contribution in [2.45, 2.75) is 12.3 Å². The van der Waals surface area contributed by atoms with Crippen molar-refractivity contribution >= 4 is 36.3 Å². The highest BCUT2D eigenvalue weighted by Crippen LogP contribution is 2.03. The van der Waals surface area contributed by atoms with Gasteiger partial charge in [-0.1, -0.05) is 0 Å². The molecule has 0 aromatic rings. The number of aliphatic carboxylic acids is 4. The van der Waals surface area contributed by atoms with Crippen molar-refractivity contribution in [3.05, 3.63) is 12.2 Å². The van der Waals surface area contributed by atoms with Gasteiger partial charge in [0.05, 0.1) is 0 Å². The molecule has 0 amide bonds. The Morgan fingerprint density at radius 2 is 0.950 bits per heavy atom. The number of carbonyl (C=O) groups is 4. The molecule has 0 aliphatic rings. The van der Waals surface area contributed by atoms with Gasteiger partial charge in [-0.15, -0.1) is 12.4 Å². The molecule has 0 saturated heterocycles. The zero-order chi connectivity index (χ0) is 14.9. The summed E-state index contributed by atoms with van der Waals surface area (Å²) >= 11 is 0. The number of carboxylic acid groups (broad SMARTS) is 4. The molecule has 0 bridgehead atoms. The minimum atomic E-state index is -2.99. The van der Waals surface area contributed by atoms with E-state index in [0.29, 0.717) is 12.2 Å². The predicted molar refractivity (Wildman–Crippen MR) is 59.2 cm³/mol. The monoisotopic (exact) mass is 326 g/mol. The van der Waals surface area contributed by atoms with Crippen LogP contribution in [0.25, 0.3) is 0 Å². The van der Waals surface area contributed by atoms with Gasteiger partial charge in [0.25, 0.3) is 0 Å². The van der Waals surface area contributed by atoms with Gasteiger partial charge < -0.3 is 20.4 Å². The smallest absolute Gasteiger partial charge is 0.342 e. The van der Waals surface area contributed by atoms with Crippen LogP contribution in [0.2, 0.25) is 0 Å². The quantitative estimate of drug-likeness (QED) is 0.520. The molecule has 2 unspecified atom stereocenters. The minimum absolute atomic E-state index is 0. The number of carboxylic acids is 4. The van der Waals surface area contributed by atoms with Crippen molar-refractivity contribution in [3.63, 3.8) is 0 Å². The van der Waals surface area contributed by atoms with Crippen LogP contribution in [0.1, 0.15) is 0 Å². The van der Waals surface area contributed by atoms with E-state index in [1.807, 2.05) is 0 Å². The van der Waals surface area contributed by atoms with Crippen molar-refractivity contribution < 1.29 is 53.1 Å². The molecule has 118 valence electrons. The lowest BCUT2D eigenvalue weighted by molar-refractivity contribution is -0.155. The predicted octanol–water partition coefficient (Wildman–Crippen LogP) is 0.118. The average molecular weight is 327 g/mol. The third-order valence-electron chi connectivity index (χ3n) is 1.10. The second-order valence-electron chi connectivity index (χ2n) is 2.49. The normalized spacial score (nSPS) is 11.7. The Morgan fingerprint density at radius 3 is 1.05 bits per heavy atom. The van der Waals surface area contributed by atoms with Gasteiger partial charge in [-0.25, -0.2) is 28.0 Å². The Balaban J connectivity index is -0.000000119. The van der Waals surface area contributed by atoms with E-state index >= 15 is 0 Å². The summed E-state index contributed by atoms with van der Waals surface area (Å²) in [7, 11) is 0. The maximum Gasteiger partial charge on any atom is 0.342 e. The largest absolute Gasteiger partial charge is 0.479 e. The van der Waals surface area contributed by atoms with Gasteiger partial charge in [-0.3, -0.25) is 4.70 Å². The third kappa shape index (κ3) is 15.7. The molecule has 0 fully saturated rings. The van der Waals surface area contributed by atoms with E-state index in [2.05, 4.69) is 0 Å². The highest BCUT2D eigenvalue weighted by atomic mass is 35.5. The van der Waals surface area contributed by atoms with Gasteiger partial charge in [0.15, 0.2) is 0 Å². The standard InChI is InChI=1S/C4H4F2O4.C4H4O4.ClH.FH/c5-1(3(7)8)2(6)4(9)10;5-3(6)1-2-4(7)8;;/h1-2H,(H,7,8)(H,9,10);1-2H,(H,5,6)(H,7,8);2*1H. The number of hydrogen-bond donors (Lipinski definition) is 4. The Hall–Kier alpha value is -2.30. The summed E-state index contributed by atoms with van der Waals surface area (Å²) in [5.74, 6) is -6.75. The van der Waals surface area contributed by atoms with E-state index in [-0.39, 0.29) is 17.1 Å². The first kappa shape index (κ1) is 26.3. The van der Waals surface area contributed by atoms with Crippen LogP contribution in [0.15, 0.2) is 12.2 Å². The first-order chi connectivity index (χ1) is 8.09. The lowest BCUT2D eigenvalue weighted by Crippen LogP contribution is -2.32. The van der Waals surface area contributed by atoms with Gasteiger partial charge in [0.2, 0.25) is 12.3 Å². The van der Waals surface area contributed by atoms with E-state index in [1.165, 1.54) is 0 Å². The molecule has 0 aromatic carbocycles. The van der Waals surface area contributed by atoms with Crippen molar-refractivity contribution in [2.75, 3.05) is 0 Å². The number of rotatable bonds is 5. The van der Waals surface area contributed by atoms with Crippen LogP contribution in [0, 0.1) is 0 Å². The molecule has 0 spiro atoms. The Bertz CT molecular complexity index is 339. The molecule has 0 aliphatic carbocycles. The van der Waals surface area contributed by atoms with E-state index in [0.717, 1.165) is 0 Å². The highest BCUT2D eigenvalue weighted by Gasteiger charge is 2.33. The molecule has 4 N–H and O–H groups in total. The summed E-state index contributed by atoms with van der Waals surface area (Å²) in [6.45, 7) is 0. The van der Waals surface area contributed by atoms with E-state index in [9.17, 15) is 28.0 Å². The number of alkyl halides is 2. The molecule has 0 rings (SSSR count). The summed E-state index contributed by atoms with van der Waals surface area (Å²) in [6.07, 6.45) is -4.86. The molecule has 12 heteroatoms. The van der Waals surface area contributed by atoms with Crippen molar-refractivity contribution in [1.29, 1.82) is 0 Å². The molecular formula is C8H10ClF3O8. The minimum Gasteiger partial charge on any atom is -0.479 e. The summed E-state index contributed by atoms with van der Waals surface area (Å²) in [5, 5.41) is 31.1. The fraction of sp³-hybridized carbons (Fsp3) is 0.250. The van der Waals surface area contributed by atoms with Crippen LogP contribution in [0.4, 0.5) is 13.5 Å². The van der Waals surface area contributed by atoms with Gasteiger partial charge in [-0.05, 0) is 0 Å². The van der Waals surface area contributed by atoms with Crippen molar-refractivity contribution in [3.8, 4) is 0 Å². The Kier molecular flexibility index (Phi) is 17.3. The Morgan fingerprint density at radius 1 is 0.750 bits per heavy atom. The SMILES string of the molecule is Cl.F.O=C(O)C(F)C(F)C(=O)O.O=C(O)C=CC(=O)O. The average Bonchev–Trinajstić information content (AvgIpc) is 2.24. The van der Waals surface area contributed by atoms with Gasteiger partial charge >= 0.3 is 23.9 Å². The van der Waals surface area contributed by atoms with Crippen LogP contribution in [-0.4, -0.2) is 56.6 Å². The first-order valence-electron chi connectivity index (χ1n) is 3.97. The molecule has 2 atom stereocenters. The van der Waals surface area contributed by atoms with Crippen LogP contribution < -0.4 is 0 Å². The van der Waals surface area contributed by atoms with Crippen molar-refractivity contribution in [1.82, 2.24) is 0 Å². The topological polar surface area (TPSA) is 149 Å². The summed E-state index contributed by atoms with van der Waals surface area (Å²) in [6, 6.07) is 0. The zero-order valence-electron chi connectivity index (χ0n) is 9.30. The second kappa shape index (κ2) is 13.1. The van der Waals surface area contributed by atoms with E-state index in [4.69, 9.17) is 20.4 Å². The molecular weight excluding hydrogens is 317 g/mol. The fourth-order valence-electron chi connectivity index (χ4n) is 0.393. The molecule has 8 nitrogen and oxygen atoms in total. The van der Waals surface area contributed by atoms with E-state index < -0.39 is 36.2 Å². The van der Waals surface area contributed by atoms with E-state index in [1.54, 1.807) is 0 Å². The van der Waals surface area contributed by atoms with Crippen LogP contribution in [0.3, 0.4) is 0 Å². The van der Waals surface area contributed by atoms with Gasteiger partial charge in [-0.2, -0.15) is 0 Å². The molecule has 0 aliphatic heterocycles. The van der Waals surface area contributed by atoms with Crippen LogP contribution >= 0.6 is 12.4 Å². The van der Waals surface area contributed by atoms with Gasteiger partial charge in [0.1, 0.15) is 0 Å². The molecule has 0 heterocycles. The van der Waals surface area contributed by atoms with Crippen LogP contribution in [-0.2, 0) is 19.2 Å². The van der Waals surface area contributed by atoms with Crippen molar-refractivity contribution in [2.24, 2.45) is 0 Å². The summed E-state index contributed by atoms with van der Waals surface area (Å²) in [4.78, 5) is 38.2. The lowest BCUT2D eigenvalue weighted by atomic mass is 10.2. The lowest BCUT2D eigenvalue weighted by Gasteiger charge is -2.02. The number of halogens is 4. The second-order valence-corrected chi connectivity index (χ2v) is 2.49. The maximum absolute atomic E-state index is 11.8. The summed E-state index contributed by atoms with van der Waals surface area (Å²) < 4.78 is 23.6. The summed E-state index contributed by atoms with van der Waals surface area (Å²) in [5.41, 5.74) is 0. The fourth-order valence-corrected chi connectivity index (χ4v) is 0.393. The molecule has 0 aromatic heterocycles. The third-order valence-corrected chi connectivity index (χ3v) is 1.10. The molecule has 0 saturated carbocycles. The molecule has 0 radical (unpaired) electrons. The highest BCUT2D eigenvalue weighted by molar-refractivity contribution is 5.89. The zero-order valence-corrected chi connectivity index (χ0v) is 10.1. The molecule has 20 heavy (non-hydrogen) atoms. The van der Waals surface area contributed by atoms with Gasteiger partial charge in [0, 0.05) is 12.2 Å².